The zero-order valence-corrected chi connectivity index (χ0v) is 15.8. The van der Waals surface area contributed by atoms with Gasteiger partial charge >= 0.3 is 0 Å². The summed E-state index contributed by atoms with van der Waals surface area (Å²) in [5.41, 5.74) is 4.44. The van der Waals surface area contributed by atoms with Gasteiger partial charge in [-0.1, -0.05) is 35.9 Å². The van der Waals surface area contributed by atoms with Gasteiger partial charge in [0.2, 0.25) is 5.78 Å². The van der Waals surface area contributed by atoms with E-state index >= 15 is 0 Å². The summed E-state index contributed by atoms with van der Waals surface area (Å²) in [6.45, 7) is 5.56. The zero-order valence-electron chi connectivity index (χ0n) is 15.0. The Kier molecular flexibility index (Phi) is 4.36. The molecule has 3 heterocycles. The summed E-state index contributed by atoms with van der Waals surface area (Å²) in [4.78, 5) is 7.41. The van der Waals surface area contributed by atoms with E-state index in [1.807, 2.05) is 24.3 Å². The number of hydrogen-bond acceptors (Lipinski definition) is 3. The molecule has 0 radical (unpaired) electrons. The van der Waals surface area contributed by atoms with E-state index in [1.165, 1.54) is 11.0 Å². The molecule has 0 saturated carbocycles. The van der Waals surface area contributed by atoms with E-state index in [0.717, 1.165) is 61.5 Å². The largest absolute Gasteiger partial charge is 0.379 e. The van der Waals surface area contributed by atoms with Crippen LogP contribution in [0.4, 0.5) is 0 Å². The van der Waals surface area contributed by atoms with E-state index in [9.17, 15) is 0 Å². The van der Waals surface area contributed by atoms with Crippen molar-refractivity contribution in [3.63, 3.8) is 0 Å². The van der Waals surface area contributed by atoms with Crippen LogP contribution in [0.25, 0.3) is 28.1 Å². The normalized spacial score (nSPS) is 15.7. The summed E-state index contributed by atoms with van der Waals surface area (Å²) >= 11 is 6.03. The molecule has 4 aromatic rings. The first-order valence-corrected chi connectivity index (χ1v) is 9.70. The van der Waals surface area contributed by atoms with E-state index in [1.54, 1.807) is 0 Å². The fourth-order valence-corrected chi connectivity index (χ4v) is 3.91. The highest BCUT2D eigenvalue weighted by molar-refractivity contribution is 6.30. The number of aromatic nitrogens is 3. The van der Waals surface area contributed by atoms with Crippen molar-refractivity contribution < 1.29 is 4.74 Å². The Morgan fingerprint density at radius 1 is 0.926 bits per heavy atom. The highest BCUT2D eigenvalue weighted by atomic mass is 35.5. The van der Waals surface area contributed by atoms with E-state index in [0.29, 0.717) is 0 Å². The fourth-order valence-electron chi connectivity index (χ4n) is 3.79. The van der Waals surface area contributed by atoms with Crippen molar-refractivity contribution in [1.29, 1.82) is 0 Å². The number of imidazole rings is 2. The Hall–Kier alpha value is -2.34. The van der Waals surface area contributed by atoms with E-state index < -0.39 is 0 Å². The second kappa shape index (κ2) is 7.00. The van der Waals surface area contributed by atoms with Gasteiger partial charge in [-0.3, -0.25) is 9.30 Å². The maximum atomic E-state index is 6.03. The summed E-state index contributed by atoms with van der Waals surface area (Å²) in [5, 5.41) is 0.739. The molecule has 0 spiro atoms. The van der Waals surface area contributed by atoms with Crippen molar-refractivity contribution in [2.45, 2.75) is 6.54 Å². The first-order valence-electron chi connectivity index (χ1n) is 9.32. The number of hydrogen-bond donors (Lipinski definition) is 0. The quantitative estimate of drug-likeness (QED) is 0.538. The van der Waals surface area contributed by atoms with Crippen LogP contribution in [0.15, 0.2) is 54.7 Å². The van der Waals surface area contributed by atoms with Crippen LogP contribution in [-0.4, -0.2) is 51.7 Å². The van der Waals surface area contributed by atoms with Crippen LogP contribution in [0.3, 0.4) is 0 Å². The lowest BCUT2D eigenvalue weighted by Gasteiger charge is -2.26. The molecule has 5 nitrogen and oxygen atoms in total. The topological polar surface area (TPSA) is 34.7 Å². The third-order valence-electron chi connectivity index (χ3n) is 5.24. The summed E-state index contributed by atoms with van der Waals surface area (Å²) in [6, 6.07) is 16.3. The Bertz CT molecular complexity index is 1080. The highest BCUT2D eigenvalue weighted by Crippen LogP contribution is 2.26. The summed E-state index contributed by atoms with van der Waals surface area (Å²) in [7, 11) is 0. The predicted molar refractivity (Wildman–Crippen MR) is 108 cm³/mol. The number of benzene rings is 2. The average molecular weight is 381 g/mol. The third-order valence-corrected chi connectivity index (χ3v) is 5.50. The number of halogens is 1. The smallest absolute Gasteiger partial charge is 0.215 e. The lowest BCUT2D eigenvalue weighted by Crippen LogP contribution is -2.38. The fraction of sp³-hybridized carbons (Fsp3) is 0.286. The number of para-hydroxylation sites is 2. The van der Waals surface area contributed by atoms with Gasteiger partial charge < -0.3 is 9.30 Å². The minimum atomic E-state index is 0.739. The van der Waals surface area contributed by atoms with E-state index in [4.69, 9.17) is 21.3 Å². The van der Waals surface area contributed by atoms with Gasteiger partial charge in [0.15, 0.2) is 0 Å². The van der Waals surface area contributed by atoms with Gasteiger partial charge in [0.1, 0.15) is 0 Å². The van der Waals surface area contributed by atoms with Gasteiger partial charge in [0, 0.05) is 43.0 Å². The lowest BCUT2D eigenvalue weighted by atomic mass is 10.2. The van der Waals surface area contributed by atoms with Gasteiger partial charge in [0.05, 0.1) is 29.9 Å². The van der Waals surface area contributed by atoms with Crippen LogP contribution in [0.2, 0.25) is 5.02 Å². The molecule has 138 valence electrons. The van der Waals surface area contributed by atoms with Gasteiger partial charge in [-0.25, -0.2) is 4.98 Å². The standard InChI is InChI=1S/C21H21ClN4O/c22-17-7-5-16(6-8-17)18-15-26-20-4-2-1-3-19(20)25(21(26)23-18)10-9-24-11-13-27-14-12-24/h1-8,15H,9-14H2. The predicted octanol–water partition coefficient (Wildman–Crippen LogP) is 3.94. The molecule has 0 N–H and O–H groups in total. The monoisotopic (exact) mass is 380 g/mol. The maximum Gasteiger partial charge on any atom is 0.215 e. The number of fused-ring (bicyclic) bond motifs is 3. The van der Waals surface area contributed by atoms with Crippen molar-refractivity contribution in [3.05, 3.63) is 59.8 Å². The molecule has 0 unspecified atom stereocenters. The maximum absolute atomic E-state index is 6.03. The first kappa shape index (κ1) is 16.8. The molecular weight excluding hydrogens is 360 g/mol. The van der Waals surface area contributed by atoms with Crippen LogP contribution in [-0.2, 0) is 11.3 Å². The van der Waals surface area contributed by atoms with Crippen molar-refractivity contribution >= 4 is 28.4 Å². The SMILES string of the molecule is Clc1ccc(-c2cn3c4ccccc4n(CCN4CCOCC4)c3n2)cc1. The molecule has 2 aromatic carbocycles. The lowest BCUT2D eigenvalue weighted by molar-refractivity contribution is 0.0366. The number of morpholine rings is 1. The number of rotatable bonds is 4. The molecular formula is C21H21ClN4O. The molecule has 27 heavy (non-hydrogen) atoms. The minimum absolute atomic E-state index is 0.739. The van der Waals surface area contributed by atoms with Crippen molar-refractivity contribution in [2.24, 2.45) is 0 Å². The van der Waals surface area contributed by atoms with Crippen molar-refractivity contribution in [2.75, 3.05) is 32.8 Å². The number of nitrogens with zero attached hydrogens (tertiary/aromatic N) is 4. The highest BCUT2D eigenvalue weighted by Gasteiger charge is 2.16. The molecule has 1 saturated heterocycles. The van der Waals surface area contributed by atoms with Crippen LogP contribution in [0, 0.1) is 0 Å². The van der Waals surface area contributed by atoms with Crippen molar-refractivity contribution in [1.82, 2.24) is 18.9 Å². The average Bonchev–Trinajstić information content (AvgIpc) is 3.26. The summed E-state index contributed by atoms with van der Waals surface area (Å²) < 4.78 is 9.98. The Morgan fingerprint density at radius 3 is 2.44 bits per heavy atom. The van der Waals surface area contributed by atoms with Gasteiger partial charge in [-0.15, -0.1) is 0 Å². The second-order valence-corrected chi connectivity index (χ2v) is 7.33. The molecule has 5 rings (SSSR count). The third kappa shape index (κ3) is 3.12. The molecule has 2 aromatic heterocycles. The van der Waals surface area contributed by atoms with Crippen LogP contribution in [0.1, 0.15) is 0 Å². The van der Waals surface area contributed by atoms with Crippen LogP contribution >= 0.6 is 11.6 Å². The first-order chi connectivity index (χ1) is 13.3. The molecule has 0 bridgehead atoms. The molecule has 0 amide bonds. The minimum Gasteiger partial charge on any atom is -0.379 e. The Balaban J connectivity index is 1.55. The van der Waals surface area contributed by atoms with Gasteiger partial charge in [-0.05, 0) is 24.3 Å². The summed E-state index contributed by atoms with van der Waals surface area (Å²) in [6.07, 6.45) is 2.12. The summed E-state index contributed by atoms with van der Waals surface area (Å²) in [5.74, 6) is 0.981. The molecule has 1 aliphatic rings. The molecule has 0 atom stereocenters. The molecule has 1 fully saturated rings. The number of ether oxygens (including phenoxy) is 1. The molecule has 6 heteroatoms. The van der Waals surface area contributed by atoms with Crippen LogP contribution in [0.5, 0.6) is 0 Å². The van der Waals surface area contributed by atoms with Gasteiger partial charge in [0.25, 0.3) is 0 Å². The van der Waals surface area contributed by atoms with E-state index in [2.05, 4.69) is 44.3 Å². The zero-order chi connectivity index (χ0) is 18.2. The van der Waals surface area contributed by atoms with E-state index in [-0.39, 0.29) is 0 Å². The van der Waals surface area contributed by atoms with Crippen LogP contribution < -0.4 is 0 Å². The van der Waals surface area contributed by atoms with Crippen molar-refractivity contribution in [3.8, 4) is 11.3 Å². The Morgan fingerprint density at radius 2 is 1.67 bits per heavy atom. The second-order valence-electron chi connectivity index (χ2n) is 6.90. The molecule has 1 aliphatic heterocycles. The van der Waals surface area contributed by atoms with Gasteiger partial charge in [-0.2, -0.15) is 0 Å². The Labute approximate surface area is 162 Å². The molecule has 0 aliphatic carbocycles.